The zero-order valence-electron chi connectivity index (χ0n) is 18.9. The van der Waals surface area contributed by atoms with Gasteiger partial charge in [-0.25, -0.2) is 0 Å². The van der Waals surface area contributed by atoms with Gasteiger partial charge in [-0.05, 0) is 0 Å². The monoisotopic (exact) mass is 484 g/mol. The topological polar surface area (TPSA) is 12.5 Å². The third kappa shape index (κ3) is 3.24. The van der Waals surface area contributed by atoms with Crippen LogP contribution in [0.4, 0.5) is 11.4 Å². The zero-order valence-corrected chi connectivity index (χ0v) is 21.4. The van der Waals surface area contributed by atoms with Crippen LogP contribution in [0.5, 0.6) is 5.75 Å². The first-order valence-electron chi connectivity index (χ1n) is 10.9. The molecule has 0 saturated carbocycles. The van der Waals surface area contributed by atoms with Crippen LogP contribution in [0.2, 0.25) is 0 Å². The van der Waals surface area contributed by atoms with E-state index in [-0.39, 0.29) is 5.41 Å². The SMILES string of the molecule is COc1c(C(C)(C)C)cc2c(c1N1Cc3ccccc3-c3ccccc31)C=C(C)[CH]2[Zr]. The van der Waals surface area contributed by atoms with Crippen LogP contribution in [-0.4, -0.2) is 7.11 Å². The molecular weight excluding hydrogens is 458 g/mol. The molecule has 0 spiro atoms. The molecule has 31 heavy (non-hydrogen) atoms. The summed E-state index contributed by atoms with van der Waals surface area (Å²) >= 11 is 1.54. The van der Waals surface area contributed by atoms with Gasteiger partial charge in [-0.3, -0.25) is 0 Å². The molecule has 3 aromatic rings. The summed E-state index contributed by atoms with van der Waals surface area (Å²) < 4.78 is 6.71. The van der Waals surface area contributed by atoms with E-state index in [1.807, 2.05) is 7.11 Å². The first kappa shape index (κ1) is 20.8. The van der Waals surface area contributed by atoms with Crippen molar-refractivity contribution in [3.8, 4) is 16.9 Å². The van der Waals surface area contributed by atoms with E-state index in [1.165, 1.54) is 50.3 Å². The summed E-state index contributed by atoms with van der Waals surface area (Å²) in [5, 5.41) is 0. The number of anilines is 2. The third-order valence-corrected chi connectivity index (χ3v) is 8.46. The molecule has 0 aromatic heterocycles. The van der Waals surface area contributed by atoms with Crippen LogP contribution in [0.3, 0.4) is 0 Å². The summed E-state index contributed by atoms with van der Waals surface area (Å²) in [4.78, 5) is 2.49. The molecule has 2 nitrogen and oxygen atoms in total. The van der Waals surface area contributed by atoms with E-state index in [1.54, 1.807) is 24.7 Å². The van der Waals surface area contributed by atoms with E-state index in [4.69, 9.17) is 4.74 Å². The Bertz CT molecular complexity index is 1220. The van der Waals surface area contributed by atoms with Crippen LogP contribution in [0, 0.1) is 0 Å². The Balaban J connectivity index is 1.84. The molecule has 0 amide bonds. The van der Waals surface area contributed by atoms with Crippen molar-refractivity contribution in [1.29, 1.82) is 0 Å². The Hall–Kier alpha value is -2.12. The number of methoxy groups -OCH3 is 1. The summed E-state index contributed by atoms with van der Waals surface area (Å²) in [6.45, 7) is 9.97. The standard InChI is InChI=1S/C28H28NO.Zr/c1-18-14-20-16-24(28(2,3)4)27(30-5)26(23(20)15-18)29-17-19-10-6-7-11-21(19)22-12-8-9-13-25(22)29;/h6-16H,17H2,1-5H3;. The summed E-state index contributed by atoms with van der Waals surface area (Å²) in [7, 11) is 1.82. The fourth-order valence-electron chi connectivity index (χ4n) is 4.98. The Labute approximate surface area is 200 Å². The predicted molar refractivity (Wildman–Crippen MR) is 126 cm³/mol. The van der Waals surface area contributed by atoms with Gasteiger partial charge in [0.05, 0.1) is 0 Å². The van der Waals surface area contributed by atoms with Gasteiger partial charge >= 0.3 is 201 Å². The van der Waals surface area contributed by atoms with Crippen molar-refractivity contribution in [3.05, 3.63) is 82.4 Å². The number of rotatable bonds is 2. The van der Waals surface area contributed by atoms with Crippen molar-refractivity contribution in [3.63, 3.8) is 0 Å². The number of allylic oxidation sites excluding steroid dienone is 1. The molecule has 0 fully saturated rings. The van der Waals surface area contributed by atoms with Crippen LogP contribution >= 0.6 is 0 Å². The number of nitrogens with zero attached hydrogens (tertiary/aromatic N) is 1. The van der Waals surface area contributed by atoms with Gasteiger partial charge < -0.3 is 0 Å². The second-order valence-electron chi connectivity index (χ2n) is 9.64. The first-order chi connectivity index (χ1) is 14.8. The van der Waals surface area contributed by atoms with E-state index >= 15 is 0 Å². The Morgan fingerprint density at radius 2 is 1.68 bits per heavy atom. The van der Waals surface area contributed by atoms with E-state index < -0.39 is 0 Å². The number of para-hydroxylation sites is 1. The van der Waals surface area contributed by atoms with Crippen LogP contribution in [0.15, 0.2) is 60.2 Å². The Morgan fingerprint density at radius 1 is 1.00 bits per heavy atom. The molecule has 1 aliphatic heterocycles. The number of fused-ring (bicyclic) bond motifs is 4. The van der Waals surface area contributed by atoms with Gasteiger partial charge in [0.1, 0.15) is 0 Å². The average Bonchev–Trinajstić information content (AvgIpc) is 3.05. The minimum absolute atomic E-state index is 0.00533. The van der Waals surface area contributed by atoms with E-state index in [0.29, 0.717) is 3.63 Å². The van der Waals surface area contributed by atoms with Gasteiger partial charge in [0.15, 0.2) is 0 Å². The molecule has 1 heterocycles. The van der Waals surface area contributed by atoms with Gasteiger partial charge in [-0.1, -0.05) is 0 Å². The third-order valence-electron chi connectivity index (χ3n) is 6.58. The van der Waals surface area contributed by atoms with Gasteiger partial charge in [-0.15, -0.1) is 0 Å². The number of benzene rings is 3. The molecule has 0 radical (unpaired) electrons. The summed E-state index contributed by atoms with van der Waals surface area (Å²) in [5.74, 6) is 1.01. The maximum absolute atomic E-state index is 6.19. The molecule has 5 rings (SSSR count). The summed E-state index contributed by atoms with van der Waals surface area (Å²) in [6, 6.07) is 20.0. The number of hydrogen-bond donors (Lipinski definition) is 0. The van der Waals surface area contributed by atoms with E-state index in [9.17, 15) is 0 Å². The molecule has 2 aliphatic rings. The molecule has 3 aromatic carbocycles. The fourth-order valence-corrected chi connectivity index (χ4v) is 5.77. The summed E-state index contributed by atoms with van der Waals surface area (Å²) in [6.07, 6.45) is 2.39. The van der Waals surface area contributed by atoms with Crippen LogP contribution in [0.25, 0.3) is 17.2 Å². The number of hydrogen-bond acceptors (Lipinski definition) is 2. The molecule has 0 bridgehead atoms. The van der Waals surface area contributed by atoms with Crippen LogP contribution in [-0.2, 0) is 36.7 Å². The Morgan fingerprint density at radius 3 is 2.39 bits per heavy atom. The quantitative estimate of drug-likeness (QED) is 0.377. The van der Waals surface area contributed by atoms with Crippen molar-refractivity contribution < 1.29 is 29.5 Å². The molecule has 1 atom stereocenters. The molecule has 155 valence electrons. The van der Waals surface area contributed by atoms with E-state index in [0.717, 1.165) is 12.3 Å². The summed E-state index contributed by atoms with van der Waals surface area (Å²) in [5.41, 5.74) is 12.0. The van der Waals surface area contributed by atoms with Gasteiger partial charge in [0.25, 0.3) is 0 Å². The van der Waals surface area contributed by atoms with Crippen molar-refractivity contribution in [2.45, 2.75) is 43.3 Å². The molecule has 3 heteroatoms. The van der Waals surface area contributed by atoms with Gasteiger partial charge in [-0.2, -0.15) is 0 Å². The normalized spacial score (nSPS) is 17.0. The Kier molecular flexibility index (Phi) is 5.01. The van der Waals surface area contributed by atoms with E-state index in [2.05, 4.69) is 93.3 Å². The zero-order chi connectivity index (χ0) is 21.9. The molecule has 0 N–H and O–H groups in total. The average molecular weight is 486 g/mol. The first-order valence-corrected chi connectivity index (χ1v) is 12.3. The second kappa shape index (κ2) is 7.49. The van der Waals surface area contributed by atoms with Crippen LogP contribution in [0.1, 0.15) is 53.6 Å². The molecule has 1 aliphatic carbocycles. The van der Waals surface area contributed by atoms with Gasteiger partial charge in [0, 0.05) is 0 Å². The predicted octanol–water partition coefficient (Wildman–Crippen LogP) is 7.32. The molecule has 1 unspecified atom stereocenters. The minimum atomic E-state index is -0.00533. The fraction of sp³-hybridized carbons (Fsp3) is 0.286. The second-order valence-corrected chi connectivity index (χ2v) is 11.1. The number of ether oxygens (including phenoxy) is 1. The van der Waals surface area contributed by atoms with Crippen LogP contribution < -0.4 is 9.64 Å². The van der Waals surface area contributed by atoms with Crippen molar-refractivity contribution in [2.75, 3.05) is 12.0 Å². The van der Waals surface area contributed by atoms with Gasteiger partial charge in [0.2, 0.25) is 0 Å². The maximum atomic E-state index is 6.19. The van der Waals surface area contributed by atoms with Crippen molar-refractivity contribution >= 4 is 17.5 Å². The van der Waals surface area contributed by atoms with Crippen molar-refractivity contribution in [1.82, 2.24) is 0 Å². The van der Waals surface area contributed by atoms with Crippen molar-refractivity contribution in [2.24, 2.45) is 0 Å². The molecule has 0 saturated heterocycles. The molecular formula is C28H28NOZr.